The molecule has 5 nitrogen and oxygen atoms in total. The number of aromatic nitrogens is 3. The second kappa shape index (κ2) is 9.33. The number of hydrogen-bond acceptors (Lipinski definition) is 6. The van der Waals surface area contributed by atoms with Crippen molar-refractivity contribution in [1.29, 1.82) is 0 Å². The largest absolute Gasteiger partial charge is 0.240 e. The monoisotopic (exact) mass is 537 g/mol. The fraction of sp³-hybridized carbons (Fsp3) is 0.208. The van der Waals surface area contributed by atoms with Gasteiger partial charge in [0.05, 0.1) is 27.0 Å². The molecule has 35 heavy (non-hydrogen) atoms. The number of rotatable bonds is 5. The normalized spacial score (nSPS) is 12.2. The van der Waals surface area contributed by atoms with Crippen LogP contribution in [0.15, 0.2) is 53.6 Å². The molecule has 0 atom stereocenters. The van der Waals surface area contributed by atoms with Crippen molar-refractivity contribution in [3.8, 4) is 21.8 Å². The summed E-state index contributed by atoms with van der Waals surface area (Å²) >= 11 is 7.28. The van der Waals surface area contributed by atoms with Crippen LogP contribution in [0.25, 0.3) is 21.8 Å². The number of hydrogen-bond donors (Lipinski definition) is 0. The Morgan fingerprint density at radius 3 is 2.46 bits per heavy atom. The third kappa shape index (κ3) is 5.24. The van der Waals surface area contributed by atoms with Gasteiger partial charge in [0.15, 0.2) is 9.84 Å². The summed E-state index contributed by atoms with van der Waals surface area (Å²) in [5.41, 5.74) is 0.188. The zero-order valence-corrected chi connectivity index (χ0v) is 21.2. The number of benzene rings is 2. The molecule has 4 aromatic rings. The van der Waals surface area contributed by atoms with Crippen LogP contribution in [-0.4, -0.2) is 23.4 Å². The van der Waals surface area contributed by atoms with E-state index in [1.807, 2.05) is 20.8 Å². The van der Waals surface area contributed by atoms with E-state index >= 15 is 4.39 Å². The lowest BCUT2D eigenvalue weighted by Gasteiger charge is -2.13. The molecule has 182 valence electrons. The highest BCUT2D eigenvalue weighted by Crippen LogP contribution is 2.41. The van der Waals surface area contributed by atoms with E-state index in [1.165, 1.54) is 35.7 Å². The van der Waals surface area contributed by atoms with Gasteiger partial charge < -0.3 is 0 Å². The van der Waals surface area contributed by atoms with Gasteiger partial charge in [-0.05, 0) is 41.9 Å². The van der Waals surface area contributed by atoms with Gasteiger partial charge >= 0.3 is 0 Å². The fourth-order valence-electron chi connectivity index (χ4n) is 3.33. The summed E-state index contributed by atoms with van der Waals surface area (Å²) in [5.74, 6) is -3.72. The van der Waals surface area contributed by atoms with E-state index in [0.717, 1.165) is 12.1 Å². The quantitative estimate of drug-likeness (QED) is 0.268. The van der Waals surface area contributed by atoms with Gasteiger partial charge in [-0.2, -0.15) is 0 Å². The summed E-state index contributed by atoms with van der Waals surface area (Å²) in [6.45, 7) is 5.87. The van der Waals surface area contributed by atoms with Crippen LogP contribution in [0.5, 0.6) is 0 Å². The van der Waals surface area contributed by atoms with Crippen LogP contribution in [0.3, 0.4) is 0 Å². The van der Waals surface area contributed by atoms with Gasteiger partial charge in [-0.25, -0.2) is 36.5 Å². The molecule has 2 aromatic heterocycles. The predicted octanol–water partition coefficient (Wildman–Crippen LogP) is 6.61. The van der Waals surface area contributed by atoms with Crippen molar-refractivity contribution in [1.82, 2.24) is 15.0 Å². The highest BCUT2D eigenvalue weighted by atomic mass is 35.5. The molecule has 2 heterocycles. The van der Waals surface area contributed by atoms with Crippen LogP contribution in [0.1, 0.15) is 31.3 Å². The van der Waals surface area contributed by atoms with E-state index in [1.54, 1.807) is 6.07 Å². The summed E-state index contributed by atoms with van der Waals surface area (Å²) in [7, 11) is -4.38. The number of nitrogens with zero attached hydrogens (tertiary/aromatic N) is 3. The predicted molar refractivity (Wildman–Crippen MR) is 129 cm³/mol. The van der Waals surface area contributed by atoms with E-state index in [-0.39, 0.29) is 27.5 Å². The maximum atomic E-state index is 15.7. The molecular formula is C24H19ClF3N3O2S2. The molecule has 0 aliphatic heterocycles. The lowest BCUT2D eigenvalue weighted by Crippen LogP contribution is -2.10. The molecule has 0 aliphatic carbocycles. The van der Waals surface area contributed by atoms with Gasteiger partial charge in [-0.1, -0.05) is 32.9 Å². The van der Waals surface area contributed by atoms with E-state index < -0.39 is 37.9 Å². The van der Waals surface area contributed by atoms with Crippen LogP contribution in [0.2, 0.25) is 5.28 Å². The standard InChI is InChI=1S/C24H19ClF3N3O2S2/c1-24(2,3)22-31-20(21(34-22)17-9-10-29-23(25)30-17)15-6-4-5-13(19(15)28)12-35(32,33)18-11-14(26)7-8-16(18)27/h4-11H,12H2,1-3H3. The topological polar surface area (TPSA) is 72.8 Å². The minimum atomic E-state index is -4.38. The Labute approximate surface area is 209 Å². The minimum Gasteiger partial charge on any atom is -0.240 e. The first-order chi connectivity index (χ1) is 16.4. The first-order valence-electron chi connectivity index (χ1n) is 10.3. The second-order valence-corrected chi connectivity index (χ2v) is 12.1. The van der Waals surface area contributed by atoms with Crippen LogP contribution >= 0.6 is 22.9 Å². The van der Waals surface area contributed by atoms with Crippen molar-refractivity contribution in [3.05, 3.63) is 82.0 Å². The van der Waals surface area contributed by atoms with Crippen molar-refractivity contribution < 1.29 is 21.6 Å². The van der Waals surface area contributed by atoms with Gasteiger partial charge in [0, 0.05) is 22.7 Å². The summed E-state index contributed by atoms with van der Waals surface area (Å²) in [4.78, 5) is 12.5. The van der Waals surface area contributed by atoms with Gasteiger partial charge in [0.1, 0.15) is 22.3 Å². The van der Waals surface area contributed by atoms with Crippen LogP contribution in [-0.2, 0) is 21.0 Å². The van der Waals surface area contributed by atoms with E-state index in [2.05, 4.69) is 15.0 Å². The molecule has 0 bridgehead atoms. The van der Waals surface area contributed by atoms with Crippen LogP contribution in [0, 0.1) is 17.5 Å². The Bertz CT molecular complexity index is 1530. The average Bonchev–Trinajstić information content (AvgIpc) is 3.22. The second-order valence-electron chi connectivity index (χ2n) is 8.77. The number of sulfone groups is 1. The average molecular weight is 538 g/mol. The zero-order chi connectivity index (χ0) is 25.5. The molecule has 0 spiro atoms. The van der Waals surface area contributed by atoms with Gasteiger partial charge in [0.2, 0.25) is 5.28 Å². The molecule has 0 aliphatic rings. The summed E-state index contributed by atoms with van der Waals surface area (Å²) in [6.07, 6.45) is 1.47. The molecule has 0 fully saturated rings. The first-order valence-corrected chi connectivity index (χ1v) is 13.2. The molecular weight excluding hydrogens is 519 g/mol. The first kappa shape index (κ1) is 25.3. The van der Waals surface area contributed by atoms with Crippen LogP contribution in [0.4, 0.5) is 13.2 Å². The smallest absolute Gasteiger partial charge is 0.222 e. The SMILES string of the molecule is CC(C)(C)c1nc(-c2cccc(CS(=O)(=O)c3cc(F)ccc3F)c2F)c(-c2ccnc(Cl)n2)s1. The molecule has 0 radical (unpaired) electrons. The van der Waals surface area contributed by atoms with E-state index in [4.69, 9.17) is 11.6 Å². The molecule has 4 rings (SSSR count). The maximum Gasteiger partial charge on any atom is 0.222 e. The highest BCUT2D eigenvalue weighted by molar-refractivity contribution is 7.90. The summed E-state index contributed by atoms with van der Waals surface area (Å²) in [6, 6.07) is 7.97. The zero-order valence-electron chi connectivity index (χ0n) is 18.8. The van der Waals surface area contributed by atoms with Crippen molar-refractivity contribution in [2.45, 2.75) is 36.8 Å². The lowest BCUT2D eigenvalue weighted by molar-refractivity contribution is 0.551. The molecule has 2 aromatic carbocycles. The van der Waals surface area contributed by atoms with Crippen molar-refractivity contribution >= 4 is 32.8 Å². The molecule has 0 amide bonds. The minimum absolute atomic E-state index is 0.0107. The van der Waals surface area contributed by atoms with Crippen molar-refractivity contribution in [2.24, 2.45) is 0 Å². The number of halogens is 4. The van der Waals surface area contributed by atoms with E-state index in [0.29, 0.717) is 21.6 Å². The van der Waals surface area contributed by atoms with Gasteiger partial charge in [0.25, 0.3) is 0 Å². The Morgan fingerprint density at radius 2 is 1.77 bits per heavy atom. The molecule has 0 saturated heterocycles. The van der Waals surface area contributed by atoms with Crippen molar-refractivity contribution in [3.63, 3.8) is 0 Å². The molecule has 0 unspecified atom stereocenters. The number of thiazole rings is 1. The molecule has 11 heteroatoms. The Morgan fingerprint density at radius 1 is 1.03 bits per heavy atom. The Hall–Kier alpha value is -2.82. The van der Waals surface area contributed by atoms with Gasteiger partial charge in [-0.15, -0.1) is 11.3 Å². The highest BCUT2D eigenvalue weighted by Gasteiger charge is 2.28. The molecule has 0 saturated carbocycles. The Kier molecular flexibility index (Phi) is 6.74. The lowest BCUT2D eigenvalue weighted by atomic mass is 9.98. The fourth-order valence-corrected chi connectivity index (χ4v) is 6.03. The van der Waals surface area contributed by atoms with Gasteiger partial charge in [-0.3, -0.25) is 0 Å². The third-order valence-electron chi connectivity index (χ3n) is 5.04. The van der Waals surface area contributed by atoms with E-state index in [9.17, 15) is 17.2 Å². The van der Waals surface area contributed by atoms with Crippen LogP contribution < -0.4 is 0 Å². The summed E-state index contributed by atoms with van der Waals surface area (Å²) in [5, 5.41) is 0.716. The Balaban J connectivity index is 1.84. The third-order valence-corrected chi connectivity index (χ3v) is 8.39. The molecule has 0 N–H and O–H groups in total. The summed E-state index contributed by atoms with van der Waals surface area (Å²) < 4.78 is 69.1. The van der Waals surface area contributed by atoms with Crippen molar-refractivity contribution in [2.75, 3.05) is 0 Å². The maximum absolute atomic E-state index is 15.7.